The number of amides is 1. The van der Waals surface area contributed by atoms with E-state index in [9.17, 15) is 9.18 Å². The number of aromatic nitrogens is 1. The first kappa shape index (κ1) is 17.8. The van der Waals surface area contributed by atoms with Gasteiger partial charge in [-0.25, -0.2) is 9.37 Å². The predicted molar refractivity (Wildman–Crippen MR) is 100 cm³/mol. The Morgan fingerprint density at radius 1 is 1.24 bits per heavy atom. The monoisotopic (exact) mass is 376 g/mol. The fourth-order valence-corrected chi connectivity index (χ4v) is 3.85. The number of para-hydroxylation sites is 1. The molecule has 0 spiro atoms. The molecule has 1 amide bonds. The minimum atomic E-state index is -0.387. The van der Waals surface area contributed by atoms with Gasteiger partial charge in [-0.05, 0) is 37.1 Å². The van der Waals surface area contributed by atoms with E-state index < -0.39 is 0 Å². The Morgan fingerprint density at radius 3 is 2.80 bits per heavy atom. The third-order valence-electron chi connectivity index (χ3n) is 4.00. The van der Waals surface area contributed by atoms with Crippen molar-refractivity contribution < 1.29 is 9.18 Å². The molecule has 1 aromatic heterocycles. The predicted octanol–water partition coefficient (Wildman–Crippen LogP) is 5.07. The molecule has 0 N–H and O–H groups in total. The molecule has 0 aliphatic heterocycles. The number of carbonyl (C=O) groups excluding carboxylic acids is 1. The Morgan fingerprint density at radius 2 is 2.04 bits per heavy atom. The van der Waals surface area contributed by atoms with E-state index in [0.717, 1.165) is 21.6 Å². The van der Waals surface area contributed by atoms with Crippen molar-refractivity contribution in [2.75, 3.05) is 7.05 Å². The Hall–Kier alpha value is -1.98. The van der Waals surface area contributed by atoms with Crippen LogP contribution in [0.5, 0.6) is 0 Å². The van der Waals surface area contributed by atoms with Crippen LogP contribution in [0.1, 0.15) is 23.4 Å². The molecule has 0 atom stereocenters. The molecule has 2 aromatic carbocycles. The molecule has 0 fully saturated rings. The van der Waals surface area contributed by atoms with Gasteiger partial charge >= 0.3 is 0 Å². The van der Waals surface area contributed by atoms with Gasteiger partial charge in [0.1, 0.15) is 5.82 Å². The zero-order valence-corrected chi connectivity index (χ0v) is 15.4. The number of thiazole rings is 1. The van der Waals surface area contributed by atoms with E-state index in [4.69, 9.17) is 11.6 Å². The number of halogens is 2. The highest BCUT2D eigenvalue weighted by atomic mass is 35.5. The molecule has 3 aromatic rings. The Labute approximate surface area is 155 Å². The van der Waals surface area contributed by atoms with Crippen LogP contribution in [0.4, 0.5) is 4.39 Å². The second-order valence-electron chi connectivity index (χ2n) is 5.88. The van der Waals surface area contributed by atoms with E-state index in [0.29, 0.717) is 23.4 Å². The fraction of sp³-hybridized carbons (Fsp3) is 0.263. The summed E-state index contributed by atoms with van der Waals surface area (Å²) in [6.07, 6.45) is 1.88. The van der Waals surface area contributed by atoms with Crippen molar-refractivity contribution in [2.24, 2.45) is 0 Å². The number of fused-ring (bicyclic) bond motifs is 1. The van der Waals surface area contributed by atoms with Crippen LogP contribution in [0.15, 0.2) is 42.5 Å². The number of aryl methyl sites for hydroxylation is 1. The van der Waals surface area contributed by atoms with E-state index in [2.05, 4.69) is 4.98 Å². The quantitative estimate of drug-likeness (QED) is 0.601. The van der Waals surface area contributed by atoms with E-state index in [1.807, 2.05) is 24.3 Å². The summed E-state index contributed by atoms with van der Waals surface area (Å²) in [4.78, 5) is 18.4. The van der Waals surface area contributed by atoms with E-state index in [1.54, 1.807) is 30.5 Å². The summed E-state index contributed by atoms with van der Waals surface area (Å²) < 4.78 is 15.0. The molecule has 0 unspecified atom stereocenters. The van der Waals surface area contributed by atoms with Gasteiger partial charge in [-0.15, -0.1) is 11.3 Å². The summed E-state index contributed by atoms with van der Waals surface area (Å²) in [5, 5.41) is 1.38. The molecule has 0 radical (unpaired) electrons. The molecule has 0 saturated heterocycles. The lowest BCUT2D eigenvalue weighted by atomic mass is 10.2. The summed E-state index contributed by atoms with van der Waals surface area (Å²) in [7, 11) is 1.67. The smallest absolute Gasteiger partial charge is 0.222 e. The number of hydrogen-bond donors (Lipinski definition) is 0. The van der Waals surface area contributed by atoms with Gasteiger partial charge in [-0.2, -0.15) is 0 Å². The highest BCUT2D eigenvalue weighted by molar-refractivity contribution is 7.18. The molecular weight excluding hydrogens is 359 g/mol. The molecule has 3 rings (SSSR count). The van der Waals surface area contributed by atoms with Crippen molar-refractivity contribution in [2.45, 2.75) is 25.8 Å². The van der Waals surface area contributed by atoms with Crippen molar-refractivity contribution >= 4 is 39.1 Å². The third-order valence-corrected chi connectivity index (χ3v) is 5.45. The Bertz CT molecular complexity index is 843. The summed E-state index contributed by atoms with van der Waals surface area (Å²) >= 11 is 7.68. The maximum absolute atomic E-state index is 13.8. The van der Waals surface area contributed by atoms with Crippen LogP contribution >= 0.6 is 22.9 Å². The SMILES string of the molecule is CN(Cc1c(F)cccc1Cl)C(=O)CCCc1nc2ccccc2s1. The van der Waals surface area contributed by atoms with E-state index >= 15 is 0 Å². The van der Waals surface area contributed by atoms with Gasteiger partial charge in [0.15, 0.2) is 0 Å². The average molecular weight is 377 g/mol. The van der Waals surface area contributed by atoms with E-state index in [1.165, 1.54) is 11.0 Å². The molecule has 130 valence electrons. The van der Waals surface area contributed by atoms with Gasteiger partial charge in [0.2, 0.25) is 5.91 Å². The maximum Gasteiger partial charge on any atom is 0.222 e. The summed E-state index contributed by atoms with van der Waals surface area (Å²) in [6.45, 7) is 0.172. The lowest BCUT2D eigenvalue weighted by Gasteiger charge is -2.18. The first-order chi connectivity index (χ1) is 12.0. The summed E-state index contributed by atoms with van der Waals surface area (Å²) in [6, 6.07) is 12.5. The molecule has 0 saturated carbocycles. The minimum absolute atomic E-state index is 0.0274. The fourth-order valence-electron chi connectivity index (χ4n) is 2.62. The first-order valence-electron chi connectivity index (χ1n) is 8.06. The second-order valence-corrected chi connectivity index (χ2v) is 7.40. The highest BCUT2D eigenvalue weighted by Crippen LogP contribution is 2.23. The maximum atomic E-state index is 13.8. The first-order valence-corrected chi connectivity index (χ1v) is 9.25. The molecule has 25 heavy (non-hydrogen) atoms. The topological polar surface area (TPSA) is 33.2 Å². The summed E-state index contributed by atoms with van der Waals surface area (Å²) in [5.41, 5.74) is 1.35. The van der Waals surface area contributed by atoms with Crippen LogP contribution in [-0.2, 0) is 17.8 Å². The molecule has 0 aliphatic rings. The van der Waals surface area contributed by atoms with Crippen molar-refractivity contribution in [3.8, 4) is 0 Å². The number of nitrogens with zero attached hydrogens (tertiary/aromatic N) is 2. The van der Waals surface area contributed by atoms with Gasteiger partial charge < -0.3 is 4.90 Å². The summed E-state index contributed by atoms with van der Waals surface area (Å²) in [5.74, 6) is -0.415. The highest BCUT2D eigenvalue weighted by Gasteiger charge is 2.14. The molecular formula is C19H18ClFN2OS. The number of carbonyl (C=O) groups is 1. The lowest BCUT2D eigenvalue weighted by Crippen LogP contribution is -2.26. The molecule has 1 heterocycles. The minimum Gasteiger partial charge on any atom is -0.341 e. The standard InChI is InChI=1S/C19H18ClFN2OS/c1-23(12-13-14(20)6-4-7-15(13)21)19(24)11-5-10-18-22-16-8-2-3-9-17(16)25-18/h2-4,6-9H,5,10-12H2,1H3. The average Bonchev–Trinajstić information content (AvgIpc) is 3.00. The molecule has 6 heteroatoms. The number of hydrogen-bond acceptors (Lipinski definition) is 3. The van der Waals surface area contributed by atoms with Crippen LogP contribution < -0.4 is 0 Å². The van der Waals surface area contributed by atoms with Gasteiger partial charge in [0.05, 0.1) is 15.2 Å². The van der Waals surface area contributed by atoms with Gasteiger partial charge in [-0.3, -0.25) is 4.79 Å². The number of rotatable bonds is 6. The largest absolute Gasteiger partial charge is 0.341 e. The third kappa shape index (κ3) is 4.35. The van der Waals surface area contributed by atoms with Crippen molar-refractivity contribution in [1.29, 1.82) is 0 Å². The van der Waals surface area contributed by atoms with Crippen LogP contribution in [-0.4, -0.2) is 22.8 Å². The Kier molecular flexibility index (Phi) is 5.66. The Balaban J connectivity index is 1.53. The van der Waals surface area contributed by atoms with Crippen LogP contribution in [0.3, 0.4) is 0 Å². The molecule has 0 bridgehead atoms. The lowest BCUT2D eigenvalue weighted by molar-refractivity contribution is -0.130. The van der Waals surface area contributed by atoms with Crippen molar-refractivity contribution in [3.63, 3.8) is 0 Å². The number of benzene rings is 2. The second kappa shape index (κ2) is 7.93. The van der Waals surface area contributed by atoms with Crippen molar-refractivity contribution in [1.82, 2.24) is 9.88 Å². The van der Waals surface area contributed by atoms with Gasteiger partial charge in [0.25, 0.3) is 0 Å². The van der Waals surface area contributed by atoms with Crippen LogP contribution in [0.25, 0.3) is 10.2 Å². The van der Waals surface area contributed by atoms with Gasteiger partial charge in [-0.1, -0.05) is 29.8 Å². The van der Waals surface area contributed by atoms with Crippen LogP contribution in [0, 0.1) is 5.82 Å². The normalized spacial score (nSPS) is 11.0. The molecule has 3 nitrogen and oxygen atoms in total. The van der Waals surface area contributed by atoms with E-state index in [-0.39, 0.29) is 18.3 Å². The zero-order chi connectivity index (χ0) is 17.8. The van der Waals surface area contributed by atoms with Crippen molar-refractivity contribution in [3.05, 3.63) is 63.9 Å². The van der Waals surface area contributed by atoms with Crippen LogP contribution in [0.2, 0.25) is 5.02 Å². The van der Waals surface area contributed by atoms with Gasteiger partial charge in [0, 0.05) is 30.6 Å². The zero-order valence-electron chi connectivity index (χ0n) is 13.8. The molecule has 0 aliphatic carbocycles.